The van der Waals surface area contributed by atoms with Gasteiger partial charge in [-0.15, -0.1) is 0 Å². The van der Waals surface area contributed by atoms with Crippen LogP contribution < -0.4 is 5.32 Å². The second kappa shape index (κ2) is 6.44. The van der Waals surface area contributed by atoms with Crippen LogP contribution in [-0.2, 0) is 11.3 Å². The van der Waals surface area contributed by atoms with E-state index in [1.165, 1.54) is 12.1 Å². The molecule has 0 radical (unpaired) electrons. The van der Waals surface area contributed by atoms with Gasteiger partial charge in [-0.3, -0.25) is 4.79 Å². The Hall–Kier alpha value is -2.94. The third-order valence-corrected chi connectivity index (χ3v) is 3.69. The number of benzene rings is 1. The highest BCUT2D eigenvalue weighted by molar-refractivity contribution is 5.80. The predicted octanol–water partition coefficient (Wildman–Crippen LogP) is 2.31. The van der Waals surface area contributed by atoms with E-state index in [9.17, 15) is 9.18 Å². The van der Waals surface area contributed by atoms with Crippen molar-refractivity contribution in [3.8, 4) is 6.07 Å². The maximum atomic E-state index is 13.2. The summed E-state index contributed by atoms with van der Waals surface area (Å²) in [5.41, 5.74) is 1.10. The van der Waals surface area contributed by atoms with Crippen molar-refractivity contribution in [3.63, 3.8) is 0 Å². The summed E-state index contributed by atoms with van der Waals surface area (Å²) in [5, 5.41) is 12.0. The SMILES string of the molecule is N#Cc1cccc(NC2CC(=O)N(Cc3cccc(F)c3)C2)n1. The summed E-state index contributed by atoms with van der Waals surface area (Å²) in [5.74, 6) is 0.291. The summed E-state index contributed by atoms with van der Waals surface area (Å²) < 4.78 is 13.2. The Labute approximate surface area is 133 Å². The summed E-state index contributed by atoms with van der Waals surface area (Å²) in [6.45, 7) is 0.911. The maximum absolute atomic E-state index is 13.2. The summed E-state index contributed by atoms with van der Waals surface area (Å²) in [6.07, 6.45) is 0.355. The number of anilines is 1. The van der Waals surface area contributed by atoms with Crippen molar-refractivity contribution in [2.75, 3.05) is 11.9 Å². The Bertz CT molecular complexity index is 771. The summed E-state index contributed by atoms with van der Waals surface area (Å²) in [6, 6.07) is 13.3. The van der Waals surface area contributed by atoms with Crippen LogP contribution in [0.5, 0.6) is 0 Å². The van der Waals surface area contributed by atoms with Crippen LogP contribution in [0.2, 0.25) is 0 Å². The van der Waals surface area contributed by atoms with Crippen LogP contribution in [0.25, 0.3) is 0 Å². The summed E-state index contributed by atoms with van der Waals surface area (Å²) in [4.78, 5) is 18.0. The lowest BCUT2D eigenvalue weighted by atomic mass is 10.2. The number of halogens is 1. The van der Waals surface area contributed by atoms with Gasteiger partial charge in [-0.25, -0.2) is 9.37 Å². The highest BCUT2D eigenvalue weighted by Gasteiger charge is 2.29. The molecule has 2 heterocycles. The normalized spacial score (nSPS) is 17.1. The minimum atomic E-state index is -0.304. The number of nitrogens with one attached hydrogen (secondary N) is 1. The van der Waals surface area contributed by atoms with Crippen LogP contribution >= 0.6 is 0 Å². The highest BCUT2D eigenvalue weighted by Crippen LogP contribution is 2.18. The number of nitrogens with zero attached hydrogens (tertiary/aromatic N) is 3. The van der Waals surface area contributed by atoms with E-state index < -0.39 is 0 Å². The van der Waals surface area contributed by atoms with Crippen LogP contribution in [0.1, 0.15) is 17.7 Å². The lowest BCUT2D eigenvalue weighted by Gasteiger charge is -2.17. The van der Waals surface area contributed by atoms with Gasteiger partial charge >= 0.3 is 0 Å². The first-order valence-electron chi connectivity index (χ1n) is 7.30. The molecule has 1 atom stereocenters. The van der Waals surface area contributed by atoms with Crippen molar-refractivity contribution in [1.82, 2.24) is 9.88 Å². The van der Waals surface area contributed by atoms with Crippen LogP contribution in [-0.4, -0.2) is 28.4 Å². The molecule has 1 aromatic carbocycles. The number of carbonyl (C=O) groups is 1. The number of likely N-dealkylation sites (tertiary alicyclic amines) is 1. The number of hydrogen-bond donors (Lipinski definition) is 1. The van der Waals surface area contributed by atoms with Crippen LogP contribution in [0.3, 0.4) is 0 Å². The van der Waals surface area contributed by atoms with Gasteiger partial charge in [0.05, 0.1) is 6.04 Å². The lowest BCUT2D eigenvalue weighted by Crippen LogP contribution is -2.27. The molecule has 1 saturated heterocycles. The van der Waals surface area contributed by atoms with Crippen molar-refractivity contribution >= 4 is 11.7 Å². The molecule has 5 nitrogen and oxygen atoms in total. The molecule has 23 heavy (non-hydrogen) atoms. The van der Waals surface area contributed by atoms with Gasteiger partial charge in [0.2, 0.25) is 5.91 Å². The molecular formula is C17H15FN4O. The summed E-state index contributed by atoms with van der Waals surface area (Å²) >= 11 is 0. The van der Waals surface area contributed by atoms with Gasteiger partial charge in [-0.2, -0.15) is 5.26 Å². The van der Waals surface area contributed by atoms with Crippen LogP contribution in [0.15, 0.2) is 42.5 Å². The first kappa shape index (κ1) is 15.0. The number of rotatable bonds is 4. The molecule has 0 spiro atoms. The first-order chi connectivity index (χ1) is 11.1. The maximum Gasteiger partial charge on any atom is 0.225 e. The number of pyridine rings is 1. The van der Waals surface area contributed by atoms with Crippen molar-refractivity contribution in [1.29, 1.82) is 5.26 Å². The topological polar surface area (TPSA) is 69.0 Å². The second-order valence-corrected chi connectivity index (χ2v) is 5.47. The van der Waals surface area contributed by atoms with Gasteiger partial charge in [0.1, 0.15) is 23.4 Å². The average Bonchev–Trinajstić information content (AvgIpc) is 2.87. The molecule has 1 aliphatic heterocycles. The van der Waals surface area contributed by atoms with E-state index in [2.05, 4.69) is 10.3 Å². The quantitative estimate of drug-likeness (QED) is 0.941. The zero-order chi connectivity index (χ0) is 16.2. The number of carbonyl (C=O) groups excluding carboxylic acids is 1. The van der Waals surface area contributed by atoms with E-state index in [0.29, 0.717) is 31.0 Å². The van der Waals surface area contributed by atoms with E-state index in [-0.39, 0.29) is 17.8 Å². The van der Waals surface area contributed by atoms with Gasteiger partial charge in [-0.1, -0.05) is 18.2 Å². The van der Waals surface area contributed by atoms with Crippen molar-refractivity contribution in [3.05, 3.63) is 59.5 Å². The molecule has 0 bridgehead atoms. The molecule has 2 aromatic rings. The van der Waals surface area contributed by atoms with Gasteiger partial charge in [-0.05, 0) is 29.8 Å². The number of hydrogen-bond acceptors (Lipinski definition) is 4. The van der Waals surface area contributed by atoms with E-state index in [1.807, 2.05) is 6.07 Å². The lowest BCUT2D eigenvalue weighted by molar-refractivity contribution is -0.128. The zero-order valence-corrected chi connectivity index (χ0v) is 12.4. The minimum Gasteiger partial charge on any atom is -0.365 e. The standard InChI is InChI=1S/C17H15FN4O/c18-13-4-1-3-12(7-13)10-22-11-15(8-17(22)23)21-16-6-2-5-14(9-19)20-16/h1-7,15H,8,10-11H2,(H,20,21). The number of amides is 1. The third kappa shape index (κ3) is 3.64. The molecule has 1 N–H and O–H groups in total. The molecule has 3 rings (SSSR count). The molecule has 0 saturated carbocycles. The van der Waals surface area contributed by atoms with Gasteiger partial charge in [0.15, 0.2) is 0 Å². The number of nitriles is 1. The molecule has 1 fully saturated rings. The molecule has 6 heteroatoms. The fourth-order valence-corrected chi connectivity index (χ4v) is 2.66. The fraction of sp³-hybridized carbons (Fsp3) is 0.235. The fourth-order valence-electron chi connectivity index (χ4n) is 2.66. The smallest absolute Gasteiger partial charge is 0.225 e. The largest absolute Gasteiger partial charge is 0.365 e. The first-order valence-corrected chi connectivity index (χ1v) is 7.30. The van der Waals surface area contributed by atoms with Crippen LogP contribution in [0.4, 0.5) is 10.2 Å². The highest BCUT2D eigenvalue weighted by atomic mass is 19.1. The zero-order valence-electron chi connectivity index (χ0n) is 12.4. The van der Waals surface area contributed by atoms with Gasteiger partial charge in [0.25, 0.3) is 0 Å². The molecule has 0 aliphatic carbocycles. The Morgan fingerprint density at radius 3 is 2.96 bits per heavy atom. The molecule has 1 aromatic heterocycles. The van der Waals surface area contributed by atoms with E-state index >= 15 is 0 Å². The second-order valence-electron chi connectivity index (χ2n) is 5.47. The predicted molar refractivity (Wildman–Crippen MR) is 82.8 cm³/mol. The van der Waals surface area contributed by atoms with E-state index in [1.54, 1.807) is 35.2 Å². The summed E-state index contributed by atoms with van der Waals surface area (Å²) in [7, 11) is 0. The average molecular weight is 310 g/mol. The van der Waals surface area contributed by atoms with E-state index in [0.717, 1.165) is 5.56 Å². The Balaban J connectivity index is 1.64. The minimum absolute atomic E-state index is 0.0169. The Morgan fingerprint density at radius 1 is 1.35 bits per heavy atom. The van der Waals surface area contributed by atoms with Gasteiger partial charge in [0, 0.05) is 19.5 Å². The Morgan fingerprint density at radius 2 is 2.17 bits per heavy atom. The van der Waals surface area contributed by atoms with Crippen LogP contribution in [0, 0.1) is 17.1 Å². The molecule has 1 aliphatic rings. The van der Waals surface area contributed by atoms with Gasteiger partial charge < -0.3 is 10.2 Å². The molecular weight excluding hydrogens is 295 g/mol. The monoisotopic (exact) mass is 310 g/mol. The molecule has 1 unspecified atom stereocenters. The van der Waals surface area contributed by atoms with Crippen molar-refractivity contribution < 1.29 is 9.18 Å². The Kier molecular flexibility index (Phi) is 4.20. The molecule has 116 valence electrons. The third-order valence-electron chi connectivity index (χ3n) is 3.69. The van der Waals surface area contributed by atoms with Crippen molar-refractivity contribution in [2.24, 2.45) is 0 Å². The number of aromatic nitrogens is 1. The van der Waals surface area contributed by atoms with Crippen molar-refractivity contribution in [2.45, 2.75) is 19.0 Å². The van der Waals surface area contributed by atoms with E-state index in [4.69, 9.17) is 5.26 Å². The molecule has 1 amide bonds.